The summed E-state index contributed by atoms with van der Waals surface area (Å²) in [6.45, 7) is 1.55. The summed E-state index contributed by atoms with van der Waals surface area (Å²) in [5.41, 5.74) is 7.41. The number of nitrogens with zero attached hydrogens (tertiary/aromatic N) is 4. The van der Waals surface area contributed by atoms with Crippen LogP contribution in [0.25, 0.3) is 17.2 Å². The first-order chi connectivity index (χ1) is 11.7. The maximum absolute atomic E-state index is 9.18. The van der Waals surface area contributed by atoms with Gasteiger partial charge in [0.1, 0.15) is 12.4 Å². The van der Waals surface area contributed by atoms with E-state index in [9.17, 15) is 5.26 Å². The van der Waals surface area contributed by atoms with Crippen molar-refractivity contribution in [3.8, 4) is 23.3 Å². The van der Waals surface area contributed by atoms with Crippen molar-refractivity contribution in [2.45, 2.75) is 0 Å². The zero-order valence-electron chi connectivity index (χ0n) is 13.3. The summed E-state index contributed by atoms with van der Waals surface area (Å²) in [6.07, 6.45) is 5.93. The Morgan fingerprint density at radius 1 is 1.42 bits per heavy atom. The second kappa shape index (κ2) is 6.98. The molecule has 1 aliphatic heterocycles. The molecule has 0 aliphatic carbocycles. The van der Waals surface area contributed by atoms with E-state index in [1.54, 1.807) is 18.2 Å². The lowest BCUT2D eigenvalue weighted by Crippen LogP contribution is -2.19. The van der Waals surface area contributed by atoms with Crippen molar-refractivity contribution >= 4 is 5.70 Å². The van der Waals surface area contributed by atoms with Crippen LogP contribution in [-0.2, 0) is 0 Å². The third kappa shape index (κ3) is 3.29. The van der Waals surface area contributed by atoms with Crippen LogP contribution in [-0.4, -0.2) is 41.8 Å². The van der Waals surface area contributed by atoms with Gasteiger partial charge in [-0.2, -0.15) is 10.2 Å². The van der Waals surface area contributed by atoms with Crippen LogP contribution in [0.2, 0.25) is 0 Å². The van der Waals surface area contributed by atoms with Gasteiger partial charge in [0.25, 0.3) is 5.89 Å². The first kappa shape index (κ1) is 15.8. The van der Waals surface area contributed by atoms with Crippen LogP contribution in [0.15, 0.2) is 41.0 Å². The molecule has 2 heterocycles. The van der Waals surface area contributed by atoms with E-state index in [0.29, 0.717) is 41.7 Å². The highest BCUT2D eigenvalue weighted by molar-refractivity contribution is 5.65. The number of nitrogens with two attached hydrogens (primary N) is 1. The molecule has 0 radical (unpaired) electrons. The van der Waals surface area contributed by atoms with E-state index in [2.05, 4.69) is 16.2 Å². The van der Waals surface area contributed by atoms with Crippen molar-refractivity contribution in [3.05, 3.63) is 47.8 Å². The van der Waals surface area contributed by atoms with Crippen LogP contribution in [0.1, 0.15) is 11.4 Å². The van der Waals surface area contributed by atoms with Gasteiger partial charge in [-0.05, 0) is 24.3 Å². The maximum atomic E-state index is 9.18. The molecule has 0 bridgehead atoms. The molecule has 0 unspecified atom stereocenters. The van der Waals surface area contributed by atoms with Gasteiger partial charge in [-0.15, -0.1) is 0 Å². The molecular formula is C17H17N5O2. The summed E-state index contributed by atoms with van der Waals surface area (Å²) in [7, 11) is 1.96. The van der Waals surface area contributed by atoms with Gasteiger partial charge in [0, 0.05) is 25.7 Å². The minimum atomic E-state index is 0.337. The normalized spacial score (nSPS) is 13.5. The Morgan fingerprint density at radius 3 is 3.04 bits per heavy atom. The van der Waals surface area contributed by atoms with Crippen molar-refractivity contribution in [2.24, 2.45) is 5.73 Å². The van der Waals surface area contributed by atoms with E-state index < -0.39 is 0 Å². The molecule has 7 heteroatoms. The predicted molar refractivity (Wildman–Crippen MR) is 88.7 cm³/mol. The van der Waals surface area contributed by atoms with Crippen molar-refractivity contribution in [1.82, 2.24) is 15.0 Å². The monoisotopic (exact) mass is 323 g/mol. The molecule has 0 saturated carbocycles. The van der Waals surface area contributed by atoms with Crippen LogP contribution in [0.5, 0.6) is 5.75 Å². The van der Waals surface area contributed by atoms with Crippen LogP contribution in [0, 0.1) is 11.3 Å². The number of likely N-dealkylation sites (N-methyl/N-ethyl adjacent to an activating group) is 1. The number of aromatic nitrogens is 2. The standard InChI is InChI=1S/C17H17N5O2/c1-22-6-3-2-4-15(22)16-20-17(24-21-16)13-8-12(11-19)9-14(10-13)23-7-5-18/h2-4,8-10H,5-7,18H2,1H3. The molecule has 122 valence electrons. The Bertz CT molecular complexity index is 832. The van der Waals surface area contributed by atoms with Gasteiger partial charge < -0.3 is 19.9 Å². The average molecular weight is 323 g/mol. The molecule has 7 nitrogen and oxygen atoms in total. The number of benzene rings is 1. The Balaban J connectivity index is 1.93. The lowest BCUT2D eigenvalue weighted by atomic mass is 10.1. The highest BCUT2D eigenvalue weighted by Gasteiger charge is 2.17. The summed E-state index contributed by atoms with van der Waals surface area (Å²) in [6, 6.07) is 7.20. The second-order valence-corrected chi connectivity index (χ2v) is 5.28. The quantitative estimate of drug-likeness (QED) is 0.895. The van der Waals surface area contributed by atoms with E-state index in [-0.39, 0.29) is 0 Å². The van der Waals surface area contributed by atoms with Gasteiger partial charge in [-0.1, -0.05) is 17.3 Å². The number of ether oxygens (including phenoxy) is 1. The number of nitriles is 1. The summed E-state index contributed by atoms with van der Waals surface area (Å²) in [4.78, 5) is 6.46. The molecule has 0 saturated heterocycles. The SMILES string of the molecule is CN1CC=CC=C1c1noc(-c2cc(C#N)cc(OCCN)c2)n1. The van der Waals surface area contributed by atoms with Gasteiger partial charge in [-0.3, -0.25) is 0 Å². The Kier molecular flexibility index (Phi) is 4.59. The summed E-state index contributed by atoms with van der Waals surface area (Å²) < 4.78 is 10.9. The van der Waals surface area contributed by atoms with Gasteiger partial charge in [-0.25, -0.2) is 0 Å². The largest absolute Gasteiger partial charge is 0.492 e. The molecular weight excluding hydrogens is 306 g/mol. The highest BCUT2D eigenvalue weighted by atomic mass is 16.5. The van der Waals surface area contributed by atoms with Crippen molar-refractivity contribution in [1.29, 1.82) is 5.26 Å². The number of rotatable bonds is 5. The molecule has 24 heavy (non-hydrogen) atoms. The molecule has 2 N–H and O–H groups in total. The summed E-state index contributed by atoms with van der Waals surface area (Å²) in [5.74, 6) is 1.39. The fourth-order valence-corrected chi connectivity index (χ4v) is 2.34. The van der Waals surface area contributed by atoms with Crippen molar-refractivity contribution in [3.63, 3.8) is 0 Å². The summed E-state index contributed by atoms with van der Waals surface area (Å²) in [5, 5.41) is 13.2. The molecule has 3 rings (SSSR count). The molecule has 1 aromatic carbocycles. The maximum Gasteiger partial charge on any atom is 0.258 e. The van der Waals surface area contributed by atoms with Crippen LogP contribution < -0.4 is 10.5 Å². The Morgan fingerprint density at radius 2 is 2.29 bits per heavy atom. The topological polar surface area (TPSA) is 101 Å². The number of hydrogen-bond acceptors (Lipinski definition) is 7. The molecule has 0 spiro atoms. The molecule has 0 fully saturated rings. The smallest absolute Gasteiger partial charge is 0.258 e. The summed E-state index contributed by atoms with van der Waals surface area (Å²) >= 11 is 0. The zero-order chi connectivity index (χ0) is 16.9. The predicted octanol–water partition coefficient (Wildman–Crippen LogP) is 1.79. The van der Waals surface area contributed by atoms with Gasteiger partial charge >= 0.3 is 0 Å². The number of allylic oxidation sites excluding steroid dienone is 2. The average Bonchev–Trinajstić information content (AvgIpc) is 3.10. The Labute approximate surface area is 139 Å². The second-order valence-electron chi connectivity index (χ2n) is 5.28. The van der Waals surface area contributed by atoms with Gasteiger partial charge in [0.2, 0.25) is 5.82 Å². The lowest BCUT2D eigenvalue weighted by Gasteiger charge is -2.20. The van der Waals surface area contributed by atoms with Crippen LogP contribution in [0.4, 0.5) is 0 Å². The third-order valence-corrected chi connectivity index (χ3v) is 3.50. The first-order valence-electron chi connectivity index (χ1n) is 7.51. The van der Waals surface area contributed by atoms with E-state index in [0.717, 1.165) is 12.2 Å². The van der Waals surface area contributed by atoms with Crippen LogP contribution >= 0.6 is 0 Å². The number of hydrogen-bond donors (Lipinski definition) is 1. The fraction of sp³-hybridized carbons (Fsp3) is 0.235. The van der Waals surface area contributed by atoms with E-state index in [4.69, 9.17) is 15.0 Å². The van der Waals surface area contributed by atoms with Crippen molar-refractivity contribution < 1.29 is 9.26 Å². The van der Waals surface area contributed by atoms with E-state index >= 15 is 0 Å². The molecule has 0 atom stereocenters. The first-order valence-corrected chi connectivity index (χ1v) is 7.51. The van der Waals surface area contributed by atoms with Crippen molar-refractivity contribution in [2.75, 3.05) is 26.7 Å². The fourth-order valence-electron chi connectivity index (χ4n) is 2.34. The molecule has 2 aromatic rings. The third-order valence-electron chi connectivity index (χ3n) is 3.50. The van der Waals surface area contributed by atoms with E-state index in [1.165, 1.54) is 0 Å². The van der Waals surface area contributed by atoms with Crippen LogP contribution in [0.3, 0.4) is 0 Å². The van der Waals surface area contributed by atoms with Gasteiger partial charge in [0.05, 0.1) is 17.3 Å². The zero-order valence-corrected chi connectivity index (χ0v) is 13.3. The Hall–Kier alpha value is -3.11. The molecule has 0 amide bonds. The lowest BCUT2D eigenvalue weighted by molar-refractivity contribution is 0.328. The molecule has 1 aliphatic rings. The van der Waals surface area contributed by atoms with Gasteiger partial charge in [0.15, 0.2) is 0 Å². The molecule has 1 aromatic heterocycles. The van der Waals surface area contributed by atoms with E-state index in [1.807, 2.05) is 30.2 Å². The minimum Gasteiger partial charge on any atom is -0.492 e. The highest BCUT2D eigenvalue weighted by Crippen LogP contribution is 2.27. The minimum absolute atomic E-state index is 0.337.